The van der Waals surface area contributed by atoms with Gasteiger partial charge in [0, 0.05) is 0 Å². The first-order valence-electron chi connectivity index (χ1n) is 4.61. The third kappa shape index (κ3) is 3.71. The molecule has 0 saturated heterocycles. The minimum atomic E-state index is -0.190. The molecule has 1 aliphatic rings. The second kappa shape index (κ2) is 4.70. The van der Waals surface area contributed by atoms with Crippen LogP contribution >= 0.6 is 0 Å². The molecule has 2 heteroatoms. The van der Waals surface area contributed by atoms with Gasteiger partial charge in [-0.15, -0.1) is 0 Å². The summed E-state index contributed by atoms with van der Waals surface area (Å²) in [6, 6.07) is 0. The average Bonchev–Trinajstić information content (AvgIpc) is 2.79. The Morgan fingerprint density at radius 2 is 2.27 bits per heavy atom. The molecule has 0 bridgehead atoms. The number of hydrogen-bond donors (Lipinski definition) is 1. The van der Waals surface area contributed by atoms with E-state index in [1.54, 1.807) is 0 Å². The summed E-state index contributed by atoms with van der Waals surface area (Å²) in [5, 5.41) is 3.27. The third-order valence-electron chi connectivity index (χ3n) is 2.38. The molecule has 1 unspecified atom stereocenters. The lowest BCUT2D eigenvalue weighted by Gasteiger charge is -2.09. The number of nitrogens with one attached hydrogen (secondary N) is 1. The summed E-state index contributed by atoms with van der Waals surface area (Å²) in [7, 11) is 0. The van der Waals surface area contributed by atoms with Crippen LogP contribution in [0.2, 0.25) is 0 Å². The molecular weight excluding hydrogens is 141 g/mol. The molecule has 1 N–H and O–H groups in total. The fourth-order valence-electron chi connectivity index (χ4n) is 1.35. The van der Waals surface area contributed by atoms with Gasteiger partial charge in [0.1, 0.15) is 0 Å². The van der Waals surface area contributed by atoms with E-state index in [1.807, 2.05) is 0 Å². The monoisotopic (exact) mass is 159 g/mol. The van der Waals surface area contributed by atoms with Gasteiger partial charge in [0.2, 0.25) is 0 Å². The van der Waals surface area contributed by atoms with Crippen LogP contribution in [0.15, 0.2) is 0 Å². The predicted molar refractivity (Wildman–Crippen MR) is 45.3 cm³/mol. The molecule has 1 saturated carbocycles. The molecule has 11 heavy (non-hydrogen) atoms. The summed E-state index contributed by atoms with van der Waals surface area (Å²) in [6.45, 7) is 4.00. The van der Waals surface area contributed by atoms with Crippen LogP contribution in [0.5, 0.6) is 0 Å². The van der Waals surface area contributed by atoms with E-state index < -0.39 is 0 Å². The second-order valence-corrected chi connectivity index (χ2v) is 3.56. The average molecular weight is 159 g/mol. The molecule has 0 spiro atoms. The Balaban J connectivity index is 1.85. The molecule has 1 aliphatic carbocycles. The second-order valence-electron chi connectivity index (χ2n) is 3.56. The van der Waals surface area contributed by atoms with Crippen LogP contribution in [-0.4, -0.2) is 19.8 Å². The number of rotatable bonds is 6. The summed E-state index contributed by atoms with van der Waals surface area (Å²) in [5.74, 6) is 1.77. The van der Waals surface area contributed by atoms with Crippen LogP contribution < -0.4 is 5.32 Å². The highest BCUT2D eigenvalue weighted by Gasteiger charge is 2.27. The zero-order chi connectivity index (χ0) is 8.10. The van der Waals surface area contributed by atoms with E-state index in [0.29, 0.717) is 6.42 Å². The first-order valence-corrected chi connectivity index (χ1v) is 4.61. The van der Waals surface area contributed by atoms with E-state index in [0.717, 1.165) is 24.9 Å². The van der Waals surface area contributed by atoms with Gasteiger partial charge >= 0.3 is 0 Å². The van der Waals surface area contributed by atoms with Crippen molar-refractivity contribution in [3.8, 4) is 0 Å². The maximum Gasteiger partial charge on any atom is 0.0906 e. The number of halogens is 1. The maximum atomic E-state index is 11.6. The quantitative estimate of drug-likeness (QED) is 0.584. The summed E-state index contributed by atoms with van der Waals surface area (Å²) < 4.78 is 11.6. The van der Waals surface area contributed by atoms with Gasteiger partial charge in [0.25, 0.3) is 0 Å². The summed E-state index contributed by atoms with van der Waals surface area (Å²) in [6.07, 6.45) is 3.48. The van der Waals surface area contributed by atoms with Crippen molar-refractivity contribution in [1.82, 2.24) is 5.32 Å². The number of hydrogen-bond acceptors (Lipinski definition) is 1. The minimum absolute atomic E-state index is 0.190. The highest BCUT2D eigenvalue weighted by molar-refractivity contribution is 4.79. The molecule has 0 heterocycles. The van der Waals surface area contributed by atoms with E-state index in [9.17, 15) is 4.39 Å². The van der Waals surface area contributed by atoms with Crippen molar-refractivity contribution < 1.29 is 4.39 Å². The Morgan fingerprint density at radius 3 is 2.82 bits per heavy atom. The molecule has 66 valence electrons. The van der Waals surface area contributed by atoms with E-state index in [1.165, 1.54) is 12.8 Å². The van der Waals surface area contributed by atoms with E-state index in [2.05, 4.69) is 12.2 Å². The number of alkyl halides is 1. The van der Waals surface area contributed by atoms with Gasteiger partial charge in [-0.2, -0.15) is 0 Å². The zero-order valence-corrected chi connectivity index (χ0v) is 7.28. The highest BCUT2D eigenvalue weighted by Crippen LogP contribution is 2.35. The van der Waals surface area contributed by atoms with Gasteiger partial charge < -0.3 is 5.32 Å². The van der Waals surface area contributed by atoms with Gasteiger partial charge in [-0.3, -0.25) is 4.39 Å². The van der Waals surface area contributed by atoms with Gasteiger partial charge in [-0.1, -0.05) is 6.92 Å². The van der Waals surface area contributed by atoms with Crippen molar-refractivity contribution in [2.24, 2.45) is 11.8 Å². The maximum absolute atomic E-state index is 11.6. The topological polar surface area (TPSA) is 12.0 Å². The lowest BCUT2D eigenvalue weighted by Crippen LogP contribution is -2.23. The Labute approximate surface area is 68.4 Å². The van der Waals surface area contributed by atoms with Crippen LogP contribution in [0, 0.1) is 11.8 Å². The standard InChI is InChI=1S/C9H18FN/c1-8(9-3-4-9)7-11-6-2-5-10/h8-9,11H,2-7H2,1H3. The molecule has 1 nitrogen and oxygen atoms in total. The Kier molecular flexibility index (Phi) is 3.84. The van der Waals surface area contributed by atoms with Crippen molar-refractivity contribution in [2.75, 3.05) is 19.8 Å². The molecule has 0 radical (unpaired) electrons. The summed E-state index contributed by atoms with van der Waals surface area (Å²) in [4.78, 5) is 0. The highest BCUT2D eigenvalue weighted by atomic mass is 19.1. The molecule has 0 aromatic heterocycles. The molecule has 0 amide bonds. The van der Waals surface area contributed by atoms with Gasteiger partial charge in [0.15, 0.2) is 0 Å². The predicted octanol–water partition coefficient (Wildman–Crippen LogP) is 1.98. The summed E-state index contributed by atoms with van der Waals surface area (Å²) in [5.41, 5.74) is 0. The first kappa shape index (κ1) is 8.98. The Bertz CT molecular complexity index is 102. The normalized spacial score (nSPS) is 20.2. The summed E-state index contributed by atoms with van der Waals surface area (Å²) >= 11 is 0. The van der Waals surface area contributed by atoms with Crippen molar-refractivity contribution >= 4 is 0 Å². The first-order chi connectivity index (χ1) is 5.34. The molecule has 0 aromatic rings. The lowest BCUT2D eigenvalue weighted by atomic mass is 10.1. The molecule has 0 aliphatic heterocycles. The fraction of sp³-hybridized carbons (Fsp3) is 1.00. The van der Waals surface area contributed by atoms with Crippen molar-refractivity contribution in [3.05, 3.63) is 0 Å². The SMILES string of the molecule is CC(CNCCCF)C1CC1. The van der Waals surface area contributed by atoms with Crippen LogP contribution in [0.25, 0.3) is 0 Å². The fourth-order valence-corrected chi connectivity index (χ4v) is 1.35. The minimum Gasteiger partial charge on any atom is -0.316 e. The van der Waals surface area contributed by atoms with Gasteiger partial charge in [-0.05, 0) is 44.2 Å². The third-order valence-corrected chi connectivity index (χ3v) is 2.38. The van der Waals surface area contributed by atoms with Crippen LogP contribution in [-0.2, 0) is 0 Å². The van der Waals surface area contributed by atoms with Crippen LogP contribution in [0.4, 0.5) is 4.39 Å². The lowest BCUT2D eigenvalue weighted by molar-refractivity contribution is 0.426. The van der Waals surface area contributed by atoms with Crippen molar-refractivity contribution in [2.45, 2.75) is 26.2 Å². The molecule has 0 aromatic carbocycles. The van der Waals surface area contributed by atoms with E-state index in [4.69, 9.17) is 0 Å². The van der Waals surface area contributed by atoms with Crippen LogP contribution in [0.1, 0.15) is 26.2 Å². The Morgan fingerprint density at radius 1 is 1.55 bits per heavy atom. The van der Waals surface area contributed by atoms with Crippen molar-refractivity contribution in [3.63, 3.8) is 0 Å². The van der Waals surface area contributed by atoms with Crippen LogP contribution in [0.3, 0.4) is 0 Å². The van der Waals surface area contributed by atoms with Gasteiger partial charge in [-0.25, -0.2) is 0 Å². The van der Waals surface area contributed by atoms with E-state index >= 15 is 0 Å². The largest absolute Gasteiger partial charge is 0.316 e. The molecule has 1 atom stereocenters. The Hall–Kier alpha value is -0.110. The molecular formula is C9H18FN. The zero-order valence-electron chi connectivity index (χ0n) is 7.28. The van der Waals surface area contributed by atoms with Crippen molar-refractivity contribution in [1.29, 1.82) is 0 Å². The molecule has 1 rings (SSSR count). The van der Waals surface area contributed by atoms with E-state index in [-0.39, 0.29) is 6.67 Å². The van der Waals surface area contributed by atoms with Gasteiger partial charge in [0.05, 0.1) is 6.67 Å². The smallest absolute Gasteiger partial charge is 0.0906 e. The molecule has 1 fully saturated rings.